The minimum Gasteiger partial charge on any atom is -0.447 e. The average Bonchev–Trinajstić information content (AvgIpc) is 3.25. The van der Waals surface area contributed by atoms with Gasteiger partial charge in [0.15, 0.2) is 6.39 Å². The lowest BCUT2D eigenvalue weighted by molar-refractivity contribution is -0.137. The molecule has 0 aromatic carbocycles. The highest BCUT2D eigenvalue weighted by molar-refractivity contribution is 6.05. The van der Waals surface area contributed by atoms with Crippen molar-refractivity contribution in [1.29, 1.82) is 0 Å². The van der Waals surface area contributed by atoms with Gasteiger partial charge in [0, 0.05) is 12.0 Å². The Bertz CT molecular complexity index is 776. The van der Waals surface area contributed by atoms with Crippen LogP contribution < -0.4 is 5.32 Å². The molecule has 192 valence electrons. The van der Waals surface area contributed by atoms with Crippen molar-refractivity contribution in [3.8, 4) is 0 Å². The first-order valence-corrected chi connectivity index (χ1v) is 13.6. The molecule has 1 aromatic rings. The van der Waals surface area contributed by atoms with Crippen molar-refractivity contribution in [1.82, 2.24) is 15.2 Å². The molecule has 0 saturated carbocycles. The summed E-state index contributed by atoms with van der Waals surface area (Å²) in [4.78, 5) is 31.0. The molecule has 0 radical (unpaired) electrons. The largest absolute Gasteiger partial charge is 0.447 e. The molecule has 1 aliphatic heterocycles. The second-order valence-corrected chi connectivity index (χ2v) is 10.7. The second kappa shape index (κ2) is 15.0. The van der Waals surface area contributed by atoms with E-state index in [9.17, 15) is 9.59 Å². The number of hydrogen-bond acceptors (Lipinski definition) is 4. The van der Waals surface area contributed by atoms with Crippen LogP contribution in [0.15, 0.2) is 16.5 Å². The maximum atomic E-state index is 12.9. The number of carbonyl (C=O) groups excluding carboxylic acids is 2. The molecule has 0 unspecified atom stereocenters. The average molecular weight is 474 g/mol. The Hall–Kier alpha value is -2.11. The van der Waals surface area contributed by atoms with Crippen LogP contribution in [-0.4, -0.2) is 34.8 Å². The number of rotatable bonds is 16. The summed E-state index contributed by atoms with van der Waals surface area (Å²) in [7, 11) is 0. The van der Waals surface area contributed by atoms with E-state index in [2.05, 4.69) is 17.2 Å². The highest BCUT2D eigenvalue weighted by atomic mass is 16.3. The summed E-state index contributed by atoms with van der Waals surface area (Å²) in [6.45, 7) is 9.09. The van der Waals surface area contributed by atoms with E-state index in [0.717, 1.165) is 12.8 Å². The third kappa shape index (κ3) is 10.0. The number of amides is 2. The van der Waals surface area contributed by atoms with Crippen LogP contribution in [0.2, 0.25) is 0 Å². The standard InChI is InChI=1S/C28H47N3O3/c1-5-6-7-8-9-10-11-12-13-14-15-16-17-18-19-31-21-25(32)30-24(27(31)33)20-23-26(28(2,3)4)34-22-29-23/h20,22H,5-19,21H2,1-4H3,(H,30,32)/b24-20-. The molecular weight excluding hydrogens is 426 g/mol. The fourth-order valence-electron chi connectivity index (χ4n) is 4.49. The fourth-order valence-corrected chi connectivity index (χ4v) is 4.49. The van der Waals surface area contributed by atoms with Crippen LogP contribution in [0.4, 0.5) is 0 Å². The van der Waals surface area contributed by atoms with Crippen molar-refractivity contribution in [3.63, 3.8) is 0 Å². The van der Waals surface area contributed by atoms with E-state index in [4.69, 9.17) is 4.42 Å². The molecule has 34 heavy (non-hydrogen) atoms. The third-order valence-electron chi connectivity index (χ3n) is 6.46. The Kier molecular flexibility index (Phi) is 12.4. The van der Waals surface area contributed by atoms with Gasteiger partial charge in [-0.25, -0.2) is 4.98 Å². The lowest BCUT2D eigenvalue weighted by atomic mass is 9.91. The van der Waals surface area contributed by atoms with Gasteiger partial charge in [-0.2, -0.15) is 0 Å². The van der Waals surface area contributed by atoms with Crippen molar-refractivity contribution >= 4 is 17.9 Å². The number of nitrogens with one attached hydrogen (secondary N) is 1. The van der Waals surface area contributed by atoms with Gasteiger partial charge in [-0.15, -0.1) is 0 Å². The van der Waals surface area contributed by atoms with Crippen LogP contribution in [0, 0.1) is 0 Å². The molecule has 1 aliphatic rings. The highest BCUT2D eigenvalue weighted by Crippen LogP contribution is 2.27. The van der Waals surface area contributed by atoms with E-state index in [0.29, 0.717) is 18.0 Å². The minimum atomic E-state index is -0.238. The monoisotopic (exact) mass is 473 g/mol. The maximum absolute atomic E-state index is 12.9. The molecular formula is C28H47N3O3. The van der Waals surface area contributed by atoms with Crippen LogP contribution in [0.1, 0.15) is 129 Å². The Balaban J connectivity index is 1.63. The Morgan fingerprint density at radius 3 is 1.97 bits per heavy atom. The predicted octanol–water partition coefficient (Wildman–Crippen LogP) is 6.75. The smallest absolute Gasteiger partial charge is 0.270 e. The topological polar surface area (TPSA) is 75.4 Å². The van der Waals surface area contributed by atoms with Crippen LogP contribution in [0.25, 0.3) is 6.08 Å². The third-order valence-corrected chi connectivity index (χ3v) is 6.46. The van der Waals surface area contributed by atoms with Crippen molar-refractivity contribution in [2.75, 3.05) is 13.1 Å². The van der Waals surface area contributed by atoms with E-state index < -0.39 is 0 Å². The molecule has 1 fully saturated rings. The van der Waals surface area contributed by atoms with Gasteiger partial charge in [-0.05, 0) is 12.5 Å². The molecule has 2 heterocycles. The zero-order chi connectivity index (χ0) is 24.8. The van der Waals surface area contributed by atoms with Gasteiger partial charge in [0.1, 0.15) is 23.7 Å². The summed E-state index contributed by atoms with van der Waals surface area (Å²) < 4.78 is 5.52. The summed E-state index contributed by atoms with van der Waals surface area (Å²) in [5.74, 6) is 0.403. The zero-order valence-electron chi connectivity index (χ0n) is 22.1. The van der Waals surface area contributed by atoms with Crippen LogP contribution in [0.3, 0.4) is 0 Å². The summed E-state index contributed by atoms with van der Waals surface area (Å²) in [6, 6.07) is 0. The molecule has 0 atom stereocenters. The Morgan fingerprint density at radius 1 is 0.912 bits per heavy atom. The molecule has 2 amide bonds. The number of carbonyl (C=O) groups is 2. The van der Waals surface area contributed by atoms with Gasteiger partial charge < -0.3 is 14.6 Å². The van der Waals surface area contributed by atoms with Crippen LogP contribution in [-0.2, 0) is 15.0 Å². The number of piperazine rings is 1. The van der Waals surface area contributed by atoms with Crippen molar-refractivity contribution < 1.29 is 14.0 Å². The number of nitrogens with zero attached hydrogens (tertiary/aromatic N) is 2. The van der Waals surface area contributed by atoms with Gasteiger partial charge >= 0.3 is 0 Å². The summed E-state index contributed by atoms with van der Waals surface area (Å²) >= 11 is 0. The fraction of sp³-hybridized carbons (Fsp3) is 0.750. The van der Waals surface area contributed by atoms with E-state index in [1.165, 1.54) is 83.4 Å². The van der Waals surface area contributed by atoms with E-state index in [-0.39, 0.29) is 29.5 Å². The molecule has 6 heteroatoms. The first-order chi connectivity index (χ1) is 16.3. The van der Waals surface area contributed by atoms with Crippen molar-refractivity contribution in [3.05, 3.63) is 23.5 Å². The maximum Gasteiger partial charge on any atom is 0.270 e. The number of oxazole rings is 1. The SMILES string of the molecule is CCCCCCCCCCCCCCCCN1CC(=O)N/C(=C\c2ncoc2C(C)(C)C)C1=O. The van der Waals surface area contributed by atoms with Gasteiger partial charge in [0.2, 0.25) is 5.91 Å². The van der Waals surface area contributed by atoms with Gasteiger partial charge in [0.25, 0.3) is 5.91 Å². The molecule has 0 bridgehead atoms. The normalized spacial score (nSPS) is 15.9. The zero-order valence-corrected chi connectivity index (χ0v) is 22.1. The number of unbranched alkanes of at least 4 members (excludes halogenated alkanes) is 13. The van der Waals surface area contributed by atoms with Gasteiger partial charge in [-0.1, -0.05) is 111 Å². The van der Waals surface area contributed by atoms with Crippen molar-refractivity contribution in [2.24, 2.45) is 0 Å². The molecule has 1 aromatic heterocycles. The summed E-state index contributed by atoms with van der Waals surface area (Å²) in [6.07, 6.45) is 21.2. The Morgan fingerprint density at radius 2 is 1.44 bits per heavy atom. The lowest BCUT2D eigenvalue weighted by Gasteiger charge is -2.28. The summed E-state index contributed by atoms with van der Waals surface area (Å²) in [5.41, 5.74) is 0.633. The quantitative estimate of drug-likeness (QED) is 0.213. The van der Waals surface area contributed by atoms with E-state index in [1.807, 2.05) is 20.8 Å². The molecule has 6 nitrogen and oxygen atoms in total. The first kappa shape index (κ1) is 28.1. The van der Waals surface area contributed by atoms with Crippen LogP contribution in [0.5, 0.6) is 0 Å². The summed E-state index contributed by atoms with van der Waals surface area (Å²) in [5, 5.41) is 2.71. The molecule has 2 rings (SSSR count). The van der Waals surface area contributed by atoms with E-state index in [1.54, 1.807) is 11.0 Å². The van der Waals surface area contributed by atoms with Gasteiger partial charge in [0.05, 0.1) is 0 Å². The Labute approximate surface area is 207 Å². The number of aromatic nitrogens is 1. The first-order valence-electron chi connectivity index (χ1n) is 13.6. The molecule has 1 saturated heterocycles. The highest BCUT2D eigenvalue weighted by Gasteiger charge is 2.29. The van der Waals surface area contributed by atoms with Gasteiger partial charge in [-0.3, -0.25) is 9.59 Å². The van der Waals surface area contributed by atoms with E-state index >= 15 is 0 Å². The van der Waals surface area contributed by atoms with Crippen molar-refractivity contribution in [2.45, 2.75) is 123 Å². The minimum absolute atomic E-state index is 0.125. The molecule has 0 aliphatic carbocycles. The molecule has 1 N–H and O–H groups in total. The van der Waals surface area contributed by atoms with Crippen LogP contribution >= 0.6 is 0 Å². The second-order valence-electron chi connectivity index (χ2n) is 10.7. The number of hydrogen-bond donors (Lipinski definition) is 1. The predicted molar refractivity (Wildman–Crippen MR) is 138 cm³/mol. The lowest BCUT2D eigenvalue weighted by Crippen LogP contribution is -2.50. The molecule has 0 spiro atoms.